The summed E-state index contributed by atoms with van der Waals surface area (Å²) in [6, 6.07) is 14.0. The zero-order valence-corrected chi connectivity index (χ0v) is 16.2. The second-order valence-electron chi connectivity index (χ2n) is 6.43. The number of carbonyl (C=O) groups excluding carboxylic acids is 3. The van der Waals surface area contributed by atoms with Crippen molar-refractivity contribution in [2.45, 2.75) is 24.4 Å². The highest BCUT2D eigenvalue weighted by atomic mass is 16.5. The Labute approximate surface area is 174 Å². The summed E-state index contributed by atoms with van der Waals surface area (Å²) in [5.74, 6) is 8.99. The van der Waals surface area contributed by atoms with Gasteiger partial charge in [-0.3, -0.25) is 4.79 Å². The van der Waals surface area contributed by atoms with Crippen molar-refractivity contribution >= 4 is 24.3 Å². The SMILES string of the molecule is NN=Cc1ccc(OC(=O)C(N)(CC#Cc2ccccc2)C(=O)C(N)CC=O)cc1. The van der Waals surface area contributed by atoms with Gasteiger partial charge in [0.2, 0.25) is 0 Å². The third kappa shape index (κ3) is 5.85. The summed E-state index contributed by atoms with van der Waals surface area (Å²) >= 11 is 0. The summed E-state index contributed by atoms with van der Waals surface area (Å²) in [6.45, 7) is 0. The molecule has 0 fully saturated rings. The molecule has 2 unspecified atom stereocenters. The van der Waals surface area contributed by atoms with E-state index in [-0.39, 0.29) is 18.6 Å². The molecule has 2 aromatic carbocycles. The molecular formula is C22H22N4O4. The first-order valence-electron chi connectivity index (χ1n) is 9.02. The Balaban J connectivity index is 2.27. The van der Waals surface area contributed by atoms with Gasteiger partial charge in [-0.2, -0.15) is 5.10 Å². The minimum atomic E-state index is -2.14. The van der Waals surface area contributed by atoms with Crippen LogP contribution in [0.4, 0.5) is 0 Å². The number of hydrogen-bond acceptors (Lipinski definition) is 8. The summed E-state index contributed by atoms with van der Waals surface area (Å²) in [4.78, 5) is 36.3. The van der Waals surface area contributed by atoms with Crippen LogP contribution in [-0.4, -0.2) is 35.8 Å². The van der Waals surface area contributed by atoms with Crippen molar-refractivity contribution in [1.82, 2.24) is 0 Å². The molecule has 0 aliphatic rings. The van der Waals surface area contributed by atoms with Gasteiger partial charge in [0.25, 0.3) is 0 Å². The van der Waals surface area contributed by atoms with E-state index in [4.69, 9.17) is 22.0 Å². The van der Waals surface area contributed by atoms with E-state index in [9.17, 15) is 14.4 Å². The Morgan fingerprint density at radius 3 is 2.40 bits per heavy atom. The first-order valence-corrected chi connectivity index (χ1v) is 9.02. The molecule has 0 saturated heterocycles. The Hall–Kier alpha value is -3.80. The molecule has 0 bridgehead atoms. The molecule has 2 aromatic rings. The van der Waals surface area contributed by atoms with Gasteiger partial charge in [0.05, 0.1) is 12.3 Å². The fourth-order valence-electron chi connectivity index (χ4n) is 2.51. The molecule has 0 spiro atoms. The first-order chi connectivity index (χ1) is 14.4. The number of rotatable bonds is 8. The number of nitrogens with two attached hydrogens (primary N) is 3. The van der Waals surface area contributed by atoms with Crippen LogP contribution in [0.15, 0.2) is 59.7 Å². The quantitative estimate of drug-likeness (QED) is 0.0844. The van der Waals surface area contributed by atoms with E-state index in [1.165, 1.54) is 18.3 Å². The summed E-state index contributed by atoms with van der Waals surface area (Å²) in [5, 5.41) is 3.40. The Bertz CT molecular complexity index is 978. The summed E-state index contributed by atoms with van der Waals surface area (Å²) in [5.41, 5.74) is 11.1. The largest absolute Gasteiger partial charge is 0.425 e. The van der Waals surface area contributed by atoms with Gasteiger partial charge in [-0.05, 0) is 42.0 Å². The lowest BCUT2D eigenvalue weighted by atomic mass is 9.86. The van der Waals surface area contributed by atoms with Gasteiger partial charge in [0, 0.05) is 18.4 Å². The average molecular weight is 406 g/mol. The lowest BCUT2D eigenvalue weighted by Crippen LogP contribution is -2.61. The normalized spacial score (nSPS) is 13.5. The highest BCUT2D eigenvalue weighted by molar-refractivity contribution is 6.11. The fraction of sp³-hybridized carbons (Fsp3) is 0.182. The smallest absolute Gasteiger partial charge is 0.340 e. The zero-order valence-electron chi connectivity index (χ0n) is 16.2. The van der Waals surface area contributed by atoms with Crippen LogP contribution in [0, 0.1) is 11.8 Å². The molecule has 0 aliphatic carbocycles. The average Bonchev–Trinajstić information content (AvgIpc) is 2.75. The van der Waals surface area contributed by atoms with Gasteiger partial charge in [-0.1, -0.05) is 30.0 Å². The van der Waals surface area contributed by atoms with Crippen molar-refractivity contribution in [3.8, 4) is 17.6 Å². The van der Waals surface area contributed by atoms with Crippen molar-refractivity contribution in [1.29, 1.82) is 0 Å². The lowest BCUT2D eigenvalue weighted by molar-refractivity contribution is -0.146. The van der Waals surface area contributed by atoms with Gasteiger partial charge in [0.15, 0.2) is 11.3 Å². The van der Waals surface area contributed by atoms with E-state index in [2.05, 4.69) is 16.9 Å². The fourth-order valence-corrected chi connectivity index (χ4v) is 2.51. The zero-order chi connectivity index (χ0) is 22.0. The van der Waals surface area contributed by atoms with Gasteiger partial charge >= 0.3 is 5.97 Å². The number of carbonyl (C=O) groups is 3. The number of aldehydes is 1. The first kappa shape index (κ1) is 22.5. The molecule has 8 heteroatoms. The summed E-state index contributed by atoms with van der Waals surface area (Å²) in [6.07, 6.45) is 1.30. The van der Waals surface area contributed by atoms with E-state index in [0.29, 0.717) is 17.4 Å². The van der Waals surface area contributed by atoms with Crippen molar-refractivity contribution in [3.05, 3.63) is 65.7 Å². The maximum Gasteiger partial charge on any atom is 0.340 e. The molecular weight excluding hydrogens is 384 g/mol. The molecule has 154 valence electrons. The van der Waals surface area contributed by atoms with Crippen molar-refractivity contribution < 1.29 is 19.1 Å². The summed E-state index contributed by atoms with van der Waals surface area (Å²) in [7, 11) is 0. The number of ether oxygens (including phenoxy) is 1. The minimum absolute atomic E-state index is 0.164. The van der Waals surface area contributed by atoms with E-state index in [1.54, 1.807) is 36.4 Å². The molecule has 6 N–H and O–H groups in total. The highest BCUT2D eigenvalue weighted by Gasteiger charge is 2.45. The standard InChI is InChI=1S/C22H22N4O4/c23-19(12-14-27)20(28)22(24,13-4-7-16-5-2-1-3-6-16)21(29)30-18-10-8-17(9-11-18)15-26-25/h1-3,5-6,8-11,14-15,19H,12-13,23-25H2. The predicted molar refractivity (Wildman–Crippen MR) is 112 cm³/mol. The van der Waals surface area contributed by atoms with Gasteiger partial charge < -0.3 is 26.8 Å². The minimum Gasteiger partial charge on any atom is -0.425 e. The summed E-state index contributed by atoms with van der Waals surface area (Å²) < 4.78 is 5.29. The maximum absolute atomic E-state index is 12.8. The van der Waals surface area contributed by atoms with Crippen LogP contribution in [0.25, 0.3) is 0 Å². The van der Waals surface area contributed by atoms with E-state index < -0.39 is 23.3 Å². The Morgan fingerprint density at radius 1 is 1.13 bits per heavy atom. The number of benzene rings is 2. The molecule has 0 heterocycles. The monoisotopic (exact) mass is 406 g/mol. The van der Waals surface area contributed by atoms with E-state index in [0.717, 1.165) is 0 Å². The van der Waals surface area contributed by atoms with Crippen molar-refractivity contribution in [2.75, 3.05) is 0 Å². The molecule has 0 aliphatic heterocycles. The molecule has 0 aromatic heterocycles. The van der Waals surface area contributed by atoms with Crippen LogP contribution in [0.1, 0.15) is 24.0 Å². The lowest BCUT2D eigenvalue weighted by Gasteiger charge is -2.26. The van der Waals surface area contributed by atoms with Crippen LogP contribution in [0.2, 0.25) is 0 Å². The van der Waals surface area contributed by atoms with E-state index in [1.807, 2.05) is 6.07 Å². The van der Waals surface area contributed by atoms with Gasteiger partial charge in [-0.25, -0.2) is 4.79 Å². The van der Waals surface area contributed by atoms with Crippen molar-refractivity contribution in [3.63, 3.8) is 0 Å². The van der Waals surface area contributed by atoms with Crippen LogP contribution in [0.5, 0.6) is 5.75 Å². The molecule has 30 heavy (non-hydrogen) atoms. The number of ketones is 1. The third-order valence-corrected chi connectivity index (χ3v) is 4.18. The second kappa shape index (κ2) is 10.7. The number of esters is 1. The van der Waals surface area contributed by atoms with Crippen LogP contribution >= 0.6 is 0 Å². The van der Waals surface area contributed by atoms with Crippen LogP contribution < -0.4 is 22.0 Å². The van der Waals surface area contributed by atoms with Crippen LogP contribution in [-0.2, 0) is 14.4 Å². The molecule has 0 radical (unpaired) electrons. The highest BCUT2D eigenvalue weighted by Crippen LogP contribution is 2.18. The molecule has 0 saturated carbocycles. The molecule has 0 amide bonds. The second-order valence-corrected chi connectivity index (χ2v) is 6.43. The Morgan fingerprint density at radius 2 is 1.80 bits per heavy atom. The molecule has 2 atom stereocenters. The molecule has 8 nitrogen and oxygen atoms in total. The van der Waals surface area contributed by atoms with Gasteiger partial charge in [0.1, 0.15) is 12.0 Å². The maximum atomic E-state index is 12.8. The number of hydrazone groups is 1. The predicted octanol–water partition coefficient (Wildman–Crippen LogP) is 0.509. The number of hydrogen-bond donors (Lipinski definition) is 3. The van der Waals surface area contributed by atoms with Gasteiger partial charge in [-0.15, -0.1) is 0 Å². The topological polar surface area (TPSA) is 151 Å². The third-order valence-electron chi connectivity index (χ3n) is 4.18. The van der Waals surface area contributed by atoms with Crippen LogP contribution in [0.3, 0.4) is 0 Å². The Kier molecular flexibility index (Phi) is 7.99. The molecule has 2 rings (SSSR count). The number of nitrogens with zero attached hydrogens (tertiary/aromatic N) is 1. The number of Topliss-reactive ketones (excluding diaryl/α,β-unsaturated/α-hetero) is 1. The van der Waals surface area contributed by atoms with Crippen molar-refractivity contribution in [2.24, 2.45) is 22.4 Å². The van der Waals surface area contributed by atoms with E-state index >= 15 is 0 Å².